The number of hydrogen-bond acceptors (Lipinski definition) is 6. The van der Waals surface area contributed by atoms with E-state index >= 15 is 0 Å². The largest absolute Gasteiger partial charge is 0.477 e. The van der Waals surface area contributed by atoms with Gasteiger partial charge in [-0.05, 0) is 19.9 Å². The first kappa shape index (κ1) is 13.7. The van der Waals surface area contributed by atoms with E-state index in [9.17, 15) is 13.2 Å². The fraction of sp³-hybridized carbons (Fsp3) is 0.545. The second-order valence-corrected chi connectivity index (χ2v) is 6.89. The Bertz CT molecular complexity index is 614. The minimum atomic E-state index is -3.02. The lowest BCUT2D eigenvalue weighted by molar-refractivity contribution is 0.0690. The summed E-state index contributed by atoms with van der Waals surface area (Å²) in [4.78, 5) is 20.9. The average Bonchev–Trinajstić information content (AvgIpc) is 2.26. The Morgan fingerprint density at radius 2 is 2.16 bits per heavy atom. The molecule has 0 saturated carbocycles. The van der Waals surface area contributed by atoms with E-state index in [1.165, 1.54) is 6.07 Å². The number of carboxylic acids is 1. The molecule has 2 rings (SSSR count). The molecule has 0 radical (unpaired) electrons. The van der Waals surface area contributed by atoms with Gasteiger partial charge in [-0.3, -0.25) is 0 Å². The third kappa shape index (κ3) is 3.01. The summed E-state index contributed by atoms with van der Waals surface area (Å²) in [7, 11) is -3.02. The van der Waals surface area contributed by atoms with Crippen LogP contribution in [0.15, 0.2) is 6.07 Å². The third-order valence-corrected chi connectivity index (χ3v) is 4.78. The standard InChI is InChI=1S/C11H15N3O4S/c1-7-5-9(10(15)16)13-11(12-7)14-3-4-19(17,18)6-8(14)2/h5,8H,3-4,6H2,1-2H3,(H,15,16). The fourth-order valence-electron chi connectivity index (χ4n) is 2.09. The van der Waals surface area contributed by atoms with Crippen molar-refractivity contribution < 1.29 is 18.3 Å². The van der Waals surface area contributed by atoms with Gasteiger partial charge in [0.05, 0.1) is 11.5 Å². The zero-order valence-electron chi connectivity index (χ0n) is 10.7. The summed E-state index contributed by atoms with van der Waals surface area (Å²) >= 11 is 0. The quantitative estimate of drug-likeness (QED) is 0.822. The zero-order chi connectivity index (χ0) is 14.2. The Morgan fingerprint density at radius 3 is 2.74 bits per heavy atom. The third-order valence-electron chi connectivity index (χ3n) is 2.99. The molecule has 2 heterocycles. The monoisotopic (exact) mass is 285 g/mol. The molecule has 1 aromatic rings. The van der Waals surface area contributed by atoms with Crippen LogP contribution in [0.4, 0.5) is 5.95 Å². The van der Waals surface area contributed by atoms with Crippen molar-refractivity contribution in [2.24, 2.45) is 0 Å². The molecule has 0 amide bonds. The minimum Gasteiger partial charge on any atom is -0.477 e. The van der Waals surface area contributed by atoms with Gasteiger partial charge >= 0.3 is 5.97 Å². The maximum atomic E-state index is 11.5. The number of carboxylic acid groups (broad SMARTS) is 1. The highest BCUT2D eigenvalue weighted by Gasteiger charge is 2.30. The van der Waals surface area contributed by atoms with Gasteiger partial charge in [-0.25, -0.2) is 23.2 Å². The normalized spacial score (nSPS) is 22.2. The van der Waals surface area contributed by atoms with Gasteiger partial charge in [-0.2, -0.15) is 0 Å². The van der Waals surface area contributed by atoms with Gasteiger partial charge in [0.15, 0.2) is 15.5 Å². The predicted octanol–water partition coefficient (Wildman–Crippen LogP) is 0.107. The number of hydrogen-bond donors (Lipinski definition) is 1. The number of aromatic nitrogens is 2. The number of aromatic carboxylic acids is 1. The highest BCUT2D eigenvalue weighted by Crippen LogP contribution is 2.18. The Morgan fingerprint density at radius 1 is 1.47 bits per heavy atom. The molecule has 7 nitrogen and oxygen atoms in total. The van der Waals surface area contributed by atoms with Crippen molar-refractivity contribution in [1.82, 2.24) is 9.97 Å². The summed E-state index contributed by atoms with van der Waals surface area (Å²) in [5, 5.41) is 8.98. The maximum Gasteiger partial charge on any atom is 0.354 e. The van der Waals surface area contributed by atoms with Gasteiger partial charge in [-0.15, -0.1) is 0 Å². The summed E-state index contributed by atoms with van der Waals surface area (Å²) in [6.07, 6.45) is 0. The number of sulfone groups is 1. The fourth-order valence-corrected chi connectivity index (χ4v) is 3.64. The minimum absolute atomic E-state index is 0.0344. The van der Waals surface area contributed by atoms with Gasteiger partial charge in [0.25, 0.3) is 0 Å². The Balaban J connectivity index is 2.34. The molecule has 1 aliphatic heterocycles. The molecule has 1 atom stereocenters. The van der Waals surface area contributed by atoms with Gasteiger partial charge in [-0.1, -0.05) is 0 Å². The highest BCUT2D eigenvalue weighted by molar-refractivity contribution is 7.91. The molecule has 1 saturated heterocycles. The summed E-state index contributed by atoms with van der Waals surface area (Å²) in [6, 6.07) is 1.12. The molecule has 1 aliphatic rings. The van der Waals surface area contributed by atoms with Crippen LogP contribution in [0, 0.1) is 6.92 Å². The van der Waals surface area contributed by atoms with Gasteiger partial charge in [0, 0.05) is 18.3 Å². The zero-order valence-corrected chi connectivity index (χ0v) is 11.5. The van der Waals surface area contributed by atoms with E-state index in [4.69, 9.17) is 5.11 Å². The summed E-state index contributed by atoms with van der Waals surface area (Å²) < 4.78 is 23.0. The van der Waals surface area contributed by atoms with Crippen molar-refractivity contribution in [2.45, 2.75) is 19.9 Å². The predicted molar refractivity (Wildman–Crippen MR) is 69.2 cm³/mol. The number of aryl methyl sites for hydroxylation is 1. The molecule has 0 bridgehead atoms. The Kier molecular flexibility index (Phi) is 3.44. The van der Waals surface area contributed by atoms with Gasteiger partial charge in [0.2, 0.25) is 5.95 Å². The molecule has 1 fully saturated rings. The molecular weight excluding hydrogens is 270 g/mol. The lowest BCUT2D eigenvalue weighted by atomic mass is 10.3. The summed E-state index contributed by atoms with van der Waals surface area (Å²) in [5.41, 5.74) is 0.464. The maximum absolute atomic E-state index is 11.5. The average molecular weight is 285 g/mol. The lowest BCUT2D eigenvalue weighted by Gasteiger charge is -2.33. The van der Waals surface area contributed by atoms with Crippen LogP contribution in [-0.4, -0.2) is 53.6 Å². The van der Waals surface area contributed by atoms with Crippen LogP contribution in [-0.2, 0) is 9.84 Å². The van der Waals surface area contributed by atoms with Crippen molar-refractivity contribution >= 4 is 21.8 Å². The first-order valence-corrected chi connectivity index (χ1v) is 7.67. The second kappa shape index (κ2) is 4.76. The highest BCUT2D eigenvalue weighted by atomic mass is 32.2. The smallest absolute Gasteiger partial charge is 0.354 e. The molecule has 1 aromatic heterocycles. The first-order valence-electron chi connectivity index (χ1n) is 5.84. The number of rotatable bonds is 2. The van der Waals surface area contributed by atoms with E-state index in [2.05, 4.69) is 9.97 Å². The molecule has 0 aromatic carbocycles. The van der Waals surface area contributed by atoms with E-state index in [-0.39, 0.29) is 35.7 Å². The van der Waals surface area contributed by atoms with Crippen LogP contribution in [0.1, 0.15) is 23.1 Å². The lowest BCUT2D eigenvalue weighted by Crippen LogP contribution is -2.47. The van der Waals surface area contributed by atoms with Crippen molar-refractivity contribution in [3.63, 3.8) is 0 Å². The molecule has 19 heavy (non-hydrogen) atoms. The van der Waals surface area contributed by atoms with Crippen molar-refractivity contribution in [3.05, 3.63) is 17.5 Å². The Hall–Kier alpha value is -1.70. The SMILES string of the molecule is Cc1cc(C(=O)O)nc(N2CCS(=O)(=O)CC2C)n1. The number of nitrogens with zero attached hydrogens (tertiary/aromatic N) is 3. The van der Waals surface area contributed by atoms with Gasteiger partial charge < -0.3 is 10.0 Å². The van der Waals surface area contributed by atoms with Crippen LogP contribution >= 0.6 is 0 Å². The van der Waals surface area contributed by atoms with Crippen LogP contribution in [0.25, 0.3) is 0 Å². The van der Waals surface area contributed by atoms with E-state index in [0.29, 0.717) is 5.69 Å². The van der Waals surface area contributed by atoms with Gasteiger partial charge in [0.1, 0.15) is 0 Å². The first-order chi connectivity index (χ1) is 8.78. The second-order valence-electron chi connectivity index (χ2n) is 4.66. The van der Waals surface area contributed by atoms with Crippen molar-refractivity contribution in [3.8, 4) is 0 Å². The van der Waals surface area contributed by atoms with Crippen molar-refractivity contribution in [1.29, 1.82) is 0 Å². The molecule has 0 aliphatic carbocycles. The van der Waals surface area contributed by atoms with Crippen LogP contribution in [0.5, 0.6) is 0 Å². The molecule has 8 heteroatoms. The van der Waals surface area contributed by atoms with E-state index in [0.717, 1.165) is 0 Å². The molecule has 1 N–H and O–H groups in total. The topological polar surface area (TPSA) is 100 Å². The van der Waals surface area contributed by atoms with Crippen molar-refractivity contribution in [2.75, 3.05) is 23.0 Å². The molecular formula is C11H15N3O4S. The summed E-state index contributed by atoms with van der Waals surface area (Å²) in [5.74, 6) is -0.771. The molecule has 1 unspecified atom stereocenters. The Labute approximate surface area is 111 Å². The van der Waals surface area contributed by atoms with Crippen LogP contribution in [0.2, 0.25) is 0 Å². The molecule has 104 valence electrons. The van der Waals surface area contributed by atoms with E-state index in [1.807, 2.05) is 0 Å². The number of carbonyl (C=O) groups is 1. The van der Waals surface area contributed by atoms with Crippen LogP contribution < -0.4 is 4.90 Å². The number of anilines is 1. The summed E-state index contributed by atoms with van der Waals surface area (Å²) in [6.45, 7) is 3.73. The van der Waals surface area contributed by atoms with Crippen LogP contribution in [0.3, 0.4) is 0 Å². The molecule has 0 spiro atoms. The van der Waals surface area contributed by atoms with E-state index in [1.54, 1.807) is 18.7 Å². The van der Waals surface area contributed by atoms with E-state index < -0.39 is 15.8 Å².